The van der Waals surface area contributed by atoms with E-state index in [1.807, 2.05) is 14.0 Å². The quantitative estimate of drug-likeness (QED) is 0.890. The number of aromatic nitrogens is 2. The third-order valence-corrected chi connectivity index (χ3v) is 4.77. The van der Waals surface area contributed by atoms with Gasteiger partial charge in [-0.1, -0.05) is 0 Å². The molecule has 1 fully saturated rings. The number of carboxylic acids is 1. The summed E-state index contributed by atoms with van der Waals surface area (Å²) in [5.41, 5.74) is 0.861. The Balaban J connectivity index is 1.95. The number of nitrogens with zero attached hydrogens (tertiary/aromatic N) is 3. The van der Waals surface area contributed by atoms with E-state index >= 15 is 0 Å². The van der Waals surface area contributed by atoms with Gasteiger partial charge < -0.3 is 14.7 Å². The number of carbonyl (C=O) groups is 2. The molecule has 1 N–H and O–H groups in total. The first-order valence-electron chi connectivity index (χ1n) is 6.53. The van der Waals surface area contributed by atoms with Crippen molar-refractivity contribution in [2.24, 2.45) is 7.05 Å². The zero-order chi connectivity index (χ0) is 15.1. The lowest BCUT2D eigenvalue weighted by molar-refractivity contribution is -0.147. The molecule has 0 unspecified atom stereocenters. The van der Waals surface area contributed by atoms with Crippen LogP contribution in [0.5, 0.6) is 0 Å². The van der Waals surface area contributed by atoms with Crippen molar-refractivity contribution in [3.8, 4) is 0 Å². The van der Waals surface area contributed by atoms with Crippen molar-refractivity contribution in [1.82, 2.24) is 14.7 Å². The summed E-state index contributed by atoms with van der Waals surface area (Å²) in [6.07, 6.45) is 0. The van der Waals surface area contributed by atoms with Crippen molar-refractivity contribution in [2.75, 3.05) is 19.8 Å². The van der Waals surface area contributed by atoms with Crippen LogP contribution in [0.15, 0.2) is 6.07 Å². The summed E-state index contributed by atoms with van der Waals surface area (Å²) in [7, 11) is 1.83. The fourth-order valence-corrected chi connectivity index (χ4v) is 3.58. The number of rotatable bonds is 2. The largest absolute Gasteiger partial charge is 0.480 e. The standard InChI is InChI=1S/C13H15N3O4S/c1-7-8-5-10(21-12(8)15(2)14-7)11(17)16-3-4-20-6-9(16)13(18)19/h5,9H,3-4,6H2,1-2H3,(H,18,19)/t9-/m1/s1. The van der Waals surface area contributed by atoms with E-state index in [1.165, 1.54) is 16.2 Å². The van der Waals surface area contributed by atoms with Crippen LogP contribution in [-0.4, -0.2) is 57.5 Å². The van der Waals surface area contributed by atoms with E-state index in [1.54, 1.807) is 10.7 Å². The number of amides is 1. The van der Waals surface area contributed by atoms with Crippen molar-refractivity contribution in [1.29, 1.82) is 0 Å². The second-order valence-electron chi connectivity index (χ2n) is 4.97. The number of aliphatic carboxylic acids is 1. The van der Waals surface area contributed by atoms with E-state index < -0.39 is 12.0 Å². The molecule has 7 nitrogen and oxygen atoms in total. The molecule has 1 aliphatic heterocycles. The summed E-state index contributed by atoms with van der Waals surface area (Å²) >= 11 is 1.34. The van der Waals surface area contributed by atoms with Gasteiger partial charge in [-0.25, -0.2) is 4.79 Å². The van der Waals surface area contributed by atoms with Gasteiger partial charge in [-0.15, -0.1) is 11.3 Å². The molecule has 1 amide bonds. The van der Waals surface area contributed by atoms with Crippen LogP contribution in [0.1, 0.15) is 15.4 Å². The second kappa shape index (κ2) is 5.12. The molecule has 2 aromatic heterocycles. The van der Waals surface area contributed by atoms with Gasteiger partial charge in [0.1, 0.15) is 4.83 Å². The number of morpholine rings is 1. The highest BCUT2D eigenvalue weighted by molar-refractivity contribution is 7.20. The van der Waals surface area contributed by atoms with Gasteiger partial charge in [-0.2, -0.15) is 5.10 Å². The average molecular weight is 309 g/mol. The Morgan fingerprint density at radius 1 is 1.52 bits per heavy atom. The van der Waals surface area contributed by atoms with E-state index in [9.17, 15) is 14.7 Å². The Hall–Kier alpha value is -1.93. The Labute approximate surface area is 124 Å². The monoisotopic (exact) mass is 309 g/mol. The Morgan fingerprint density at radius 3 is 2.95 bits per heavy atom. The molecule has 1 saturated heterocycles. The van der Waals surface area contributed by atoms with Gasteiger partial charge in [0.25, 0.3) is 5.91 Å². The first-order valence-corrected chi connectivity index (χ1v) is 7.35. The van der Waals surface area contributed by atoms with E-state index in [0.717, 1.165) is 15.9 Å². The molecule has 2 aromatic rings. The van der Waals surface area contributed by atoms with Gasteiger partial charge in [0.2, 0.25) is 0 Å². The summed E-state index contributed by atoms with van der Waals surface area (Å²) in [6, 6.07) is 0.870. The molecule has 0 saturated carbocycles. The SMILES string of the molecule is Cc1nn(C)c2sc(C(=O)N3CCOC[C@@H]3C(=O)O)cc12. The molecule has 8 heteroatoms. The van der Waals surface area contributed by atoms with Crippen LogP contribution in [0.2, 0.25) is 0 Å². The Morgan fingerprint density at radius 2 is 2.29 bits per heavy atom. The Bertz CT molecular complexity index is 686. The van der Waals surface area contributed by atoms with Crippen LogP contribution in [-0.2, 0) is 16.6 Å². The Kier molecular flexibility index (Phi) is 3.42. The lowest BCUT2D eigenvalue weighted by Crippen LogP contribution is -2.52. The second-order valence-corrected chi connectivity index (χ2v) is 6.00. The highest BCUT2D eigenvalue weighted by atomic mass is 32.1. The van der Waals surface area contributed by atoms with Gasteiger partial charge >= 0.3 is 5.97 Å². The maximum absolute atomic E-state index is 12.6. The third-order valence-electron chi connectivity index (χ3n) is 3.58. The molecule has 3 heterocycles. The molecular weight excluding hydrogens is 294 g/mol. The normalized spacial score (nSPS) is 19.1. The molecule has 1 aliphatic rings. The number of ether oxygens (including phenoxy) is 1. The van der Waals surface area contributed by atoms with Gasteiger partial charge in [0.15, 0.2) is 6.04 Å². The molecule has 0 radical (unpaired) electrons. The number of carbonyl (C=O) groups excluding carboxylic acids is 1. The molecule has 0 spiro atoms. The van der Waals surface area contributed by atoms with Gasteiger partial charge in [0, 0.05) is 19.0 Å². The van der Waals surface area contributed by atoms with E-state index in [2.05, 4.69) is 5.10 Å². The topological polar surface area (TPSA) is 84.7 Å². The molecule has 0 bridgehead atoms. The number of hydrogen-bond donors (Lipinski definition) is 1. The van der Waals surface area contributed by atoms with Gasteiger partial charge in [0.05, 0.1) is 23.8 Å². The fraction of sp³-hybridized carbons (Fsp3) is 0.462. The third kappa shape index (κ3) is 2.30. The van der Waals surface area contributed by atoms with Crippen molar-refractivity contribution in [2.45, 2.75) is 13.0 Å². The van der Waals surface area contributed by atoms with E-state index in [4.69, 9.17) is 4.74 Å². The highest BCUT2D eigenvalue weighted by Crippen LogP contribution is 2.29. The fourth-order valence-electron chi connectivity index (χ4n) is 2.50. The van der Waals surface area contributed by atoms with Crippen LogP contribution in [0, 0.1) is 6.92 Å². The minimum atomic E-state index is -1.04. The first kappa shape index (κ1) is 14.0. The number of fused-ring (bicyclic) bond motifs is 1. The lowest BCUT2D eigenvalue weighted by Gasteiger charge is -2.32. The first-order chi connectivity index (χ1) is 9.99. The van der Waals surface area contributed by atoms with E-state index in [0.29, 0.717) is 18.0 Å². The summed E-state index contributed by atoms with van der Waals surface area (Å²) in [6.45, 7) is 2.58. The smallest absolute Gasteiger partial charge is 0.328 e. The molecule has 112 valence electrons. The van der Waals surface area contributed by atoms with E-state index in [-0.39, 0.29) is 12.5 Å². The molecular formula is C13H15N3O4S. The predicted octanol–water partition coefficient (Wildman–Crippen LogP) is 0.869. The molecule has 21 heavy (non-hydrogen) atoms. The molecule has 1 atom stereocenters. The number of carboxylic acid groups (broad SMARTS) is 1. The van der Waals surface area contributed by atoms with Crippen LogP contribution >= 0.6 is 11.3 Å². The van der Waals surface area contributed by atoms with Crippen molar-refractivity contribution >= 4 is 33.4 Å². The highest BCUT2D eigenvalue weighted by Gasteiger charge is 2.34. The van der Waals surface area contributed by atoms with Crippen LogP contribution in [0.4, 0.5) is 0 Å². The predicted molar refractivity (Wildman–Crippen MR) is 76.6 cm³/mol. The van der Waals surface area contributed by atoms with Crippen LogP contribution in [0.25, 0.3) is 10.2 Å². The number of aryl methyl sites for hydroxylation is 2. The molecule has 0 aromatic carbocycles. The zero-order valence-corrected chi connectivity index (χ0v) is 12.5. The van der Waals surface area contributed by atoms with Crippen molar-refractivity contribution in [3.63, 3.8) is 0 Å². The summed E-state index contributed by atoms with van der Waals surface area (Å²) < 4.78 is 6.89. The summed E-state index contributed by atoms with van der Waals surface area (Å²) in [4.78, 5) is 26.7. The average Bonchev–Trinajstić information content (AvgIpc) is 3.01. The summed E-state index contributed by atoms with van der Waals surface area (Å²) in [5, 5.41) is 14.4. The minimum absolute atomic E-state index is 0.0343. The van der Waals surface area contributed by atoms with Crippen LogP contribution in [0.3, 0.4) is 0 Å². The zero-order valence-electron chi connectivity index (χ0n) is 11.7. The van der Waals surface area contributed by atoms with Gasteiger partial charge in [-0.05, 0) is 13.0 Å². The van der Waals surface area contributed by atoms with Crippen LogP contribution < -0.4 is 0 Å². The minimum Gasteiger partial charge on any atom is -0.480 e. The maximum Gasteiger partial charge on any atom is 0.328 e. The maximum atomic E-state index is 12.6. The molecule has 0 aliphatic carbocycles. The van der Waals surface area contributed by atoms with Crippen molar-refractivity contribution in [3.05, 3.63) is 16.6 Å². The number of hydrogen-bond acceptors (Lipinski definition) is 5. The van der Waals surface area contributed by atoms with Crippen molar-refractivity contribution < 1.29 is 19.4 Å². The number of thiophene rings is 1. The van der Waals surface area contributed by atoms with Gasteiger partial charge in [-0.3, -0.25) is 9.48 Å². The lowest BCUT2D eigenvalue weighted by atomic mass is 10.2. The summed E-state index contributed by atoms with van der Waals surface area (Å²) in [5.74, 6) is -1.30. The molecule has 3 rings (SSSR count).